The Labute approximate surface area is 189 Å². The molecule has 3 aliphatic rings. The number of anilines is 2. The summed E-state index contributed by atoms with van der Waals surface area (Å²) in [6, 6.07) is 17.9. The highest BCUT2D eigenvalue weighted by molar-refractivity contribution is 6.22. The average Bonchev–Trinajstić information content (AvgIpc) is 3.14. The van der Waals surface area contributed by atoms with Gasteiger partial charge in [0.05, 0.1) is 31.4 Å². The van der Waals surface area contributed by atoms with Crippen molar-refractivity contribution in [2.75, 3.05) is 62.3 Å². The number of nitrogens with zero attached hydrogens (tertiary/aromatic N) is 4. The van der Waals surface area contributed by atoms with Crippen LogP contribution in [0.1, 0.15) is 12.0 Å². The first-order chi connectivity index (χ1) is 15.7. The molecule has 7 heteroatoms. The van der Waals surface area contributed by atoms with E-state index in [2.05, 4.69) is 39.0 Å². The normalized spacial score (nSPS) is 23.2. The molecule has 0 aromatic heterocycles. The van der Waals surface area contributed by atoms with Gasteiger partial charge in [0.2, 0.25) is 5.91 Å². The van der Waals surface area contributed by atoms with E-state index in [4.69, 9.17) is 4.74 Å². The smallest absolute Gasteiger partial charge is 0.251 e. The van der Waals surface area contributed by atoms with Crippen LogP contribution in [-0.4, -0.2) is 80.1 Å². The number of carbonyl (C=O) groups excluding carboxylic acids is 2. The van der Waals surface area contributed by atoms with E-state index in [1.54, 1.807) is 0 Å². The van der Waals surface area contributed by atoms with Crippen LogP contribution in [0.25, 0.3) is 0 Å². The second-order valence-electron chi connectivity index (χ2n) is 8.70. The van der Waals surface area contributed by atoms with Gasteiger partial charge in [-0.2, -0.15) is 0 Å². The number of carbonyl (C=O) groups is 2. The van der Waals surface area contributed by atoms with Gasteiger partial charge in [0.25, 0.3) is 5.91 Å². The zero-order valence-corrected chi connectivity index (χ0v) is 18.4. The molecule has 168 valence electrons. The van der Waals surface area contributed by atoms with Crippen LogP contribution >= 0.6 is 0 Å². The Morgan fingerprint density at radius 1 is 0.781 bits per heavy atom. The van der Waals surface area contributed by atoms with E-state index in [9.17, 15) is 9.59 Å². The van der Waals surface area contributed by atoms with Gasteiger partial charge in [0.1, 0.15) is 0 Å². The molecule has 0 unspecified atom stereocenters. The minimum atomic E-state index is -0.347. The summed E-state index contributed by atoms with van der Waals surface area (Å²) in [4.78, 5) is 34.2. The number of rotatable bonds is 5. The van der Waals surface area contributed by atoms with Crippen molar-refractivity contribution in [2.24, 2.45) is 0 Å². The third kappa shape index (κ3) is 4.41. The molecular formula is C25H30N4O3. The lowest BCUT2D eigenvalue weighted by molar-refractivity contribution is -0.123. The number of hydrogen-bond donors (Lipinski definition) is 0. The Kier molecular flexibility index (Phi) is 6.21. The number of morpholine rings is 1. The summed E-state index contributed by atoms with van der Waals surface area (Å²) in [5.41, 5.74) is 3.07. The van der Waals surface area contributed by atoms with Crippen LogP contribution in [0.5, 0.6) is 0 Å². The van der Waals surface area contributed by atoms with Crippen LogP contribution < -0.4 is 9.80 Å². The zero-order valence-electron chi connectivity index (χ0n) is 18.4. The molecule has 1 atom stereocenters. The molecule has 2 aromatic carbocycles. The Hall–Kier alpha value is -2.74. The summed E-state index contributed by atoms with van der Waals surface area (Å²) < 4.78 is 5.41. The number of amides is 2. The van der Waals surface area contributed by atoms with Crippen molar-refractivity contribution in [3.8, 4) is 0 Å². The average molecular weight is 435 g/mol. The predicted molar refractivity (Wildman–Crippen MR) is 124 cm³/mol. The van der Waals surface area contributed by atoms with E-state index in [1.165, 1.54) is 10.5 Å². The number of imide groups is 1. The van der Waals surface area contributed by atoms with E-state index in [1.807, 2.05) is 30.3 Å². The lowest BCUT2D eigenvalue weighted by Gasteiger charge is -2.37. The monoisotopic (exact) mass is 434 g/mol. The van der Waals surface area contributed by atoms with Crippen LogP contribution in [0.2, 0.25) is 0 Å². The summed E-state index contributed by atoms with van der Waals surface area (Å²) >= 11 is 0. The lowest BCUT2D eigenvalue weighted by Crippen LogP contribution is -2.52. The van der Waals surface area contributed by atoms with Crippen molar-refractivity contribution in [3.63, 3.8) is 0 Å². The van der Waals surface area contributed by atoms with Crippen molar-refractivity contribution in [1.29, 1.82) is 0 Å². The molecule has 2 aromatic rings. The molecule has 3 saturated heterocycles. The largest absolute Gasteiger partial charge is 0.378 e. The molecule has 0 aliphatic carbocycles. The van der Waals surface area contributed by atoms with Crippen molar-refractivity contribution in [2.45, 2.75) is 19.0 Å². The van der Waals surface area contributed by atoms with Crippen LogP contribution in [0.15, 0.2) is 54.6 Å². The van der Waals surface area contributed by atoms with E-state index < -0.39 is 0 Å². The van der Waals surface area contributed by atoms with Gasteiger partial charge in [0.15, 0.2) is 0 Å². The SMILES string of the molecule is O=C1C[C@@H](N2CCN(Cc3ccccc3)CC2)C(=O)N1c1ccc(N2CCOCC2)cc1. The highest BCUT2D eigenvalue weighted by Crippen LogP contribution is 2.28. The van der Waals surface area contributed by atoms with Crippen molar-refractivity contribution < 1.29 is 14.3 Å². The third-order valence-electron chi connectivity index (χ3n) is 6.70. The lowest BCUT2D eigenvalue weighted by atomic mass is 10.1. The Morgan fingerprint density at radius 3 is 2.12 bits per heavy atom. The molecule has 0 N–H and O–H groups in total. The zero-order chi connectivity index (χ0) is 21.9. The number of ether oxygens (including phenoxy) is 1. The molecule has 0 saturated carbocycles. The topological polar surface area (TPSA) is 56.3 Å². The van der Waals surface area contributed by atoms with E-state index in [-0.39, 0.29) is 24.3 Å². The van der Waals surface area contributed by atoms with Crippen LogP contribution in [0, 0.1) is 0 Å². The van der Waals surface area contributed by atoms with Crippen LogP contribution in [-0.2, 0) is 20.9 Å². The Balaban J connectivity index is 1.20. The molecule has 2 amide bonds. The fourth-order valence-electron chi connectivity index (χ4n) is 4.88. The predicted octanol–water partition coefficient (Wildman–Crippen LogP) is 1.97. The maximum atomic E-state index is 13.2. The number of piperazine rings is 1. The van der Waals surface area contributed by atoms with E-state index in [0.29, 0.717) is 5.69 Å². The molecule has 0 bridgehead atoms. The minimum Gasteiger partial charge on any atom is -0.378 e. The molecule has 32 heavy (non-hydrogen) atoms. The molecule has 3 heterocycles. The van der Waals surface area contributed by atoms with Crippen molar-refractivity contribution in [3.05, 3.63) is 60.2 Å². The molecule has 3 fully saturated rings. The maximum Gasteiger partial charge on any atom is 0.251 e. The summed E-state index contributed by atoms with van der Waals surface area (Å²) in [6.45, 7) is 7.52. The van der Waals surface area contributed by atoms with Crippen molar-refractivity contribution in [1.82, 2.24) is 9.80 Å². The van der Waals surface area contributed by atoms with Crippen molar-refractivity contribution >= 4 is 23.2 Å². The quantitative estimate of drug-likeness (QED) is 0.671. The van der Waals surface area contributed by atoms with Gasteiger partial charge >= 0.3 is 0 Å². The first kappa shape index (κ1) is 21.1. The third-order valence-corrected chi connectivity index (χ3v) is 6.70. The second kappa shape index (κ2) is 9.40. The van der Waals surface area contributed by atoms with E-state index in [0.717, 1.165) is 64.7 Å². The molecule has 5 rings (SSSR count). The first-order valence-electron chi connectivity index (χ1n) is 11.5. The molecule has 7 nitrogen and oxygen atoms in total. The fraction of sp³-hybridized carbons (Fsp3) is 0.440. The van der Waals surface area contributed by atoms with Gasteiger partial charge in [-0.3, -0.25) is 19.4 Å². The van der Waals surface area contributed by atoms with Crippen LogP contribution in [0.3, 0.4) is 0 Å². The number of benzene rings is 2. The Morgan fingerprint density at radius 2 is 1.44 bits per heavy atom. The molecule has 0 radical (unpaired) electrons. The van der Waals surface area contributed by atoms with Gasteiger partial charge in [-0.1, -0.05) is 30.3 Å². The highest BCUT2D eigenvalue weighted by atomic mass is 16.5. The van der Waals surface area contributed by atoms with Crippen LogP contribution in [0.4, 0.5) is 11.4 Å². The molecule has 0 spiro atoms. The number of hydrogen-bond acceptors (Lipinski definition) is 6. The van der Waals surface area contributed by atoms with Gasteiger partial charge in [-0.05, 0) is 29.8 Å². The van der Waals surface area contributed by atoms with Gasteiger partial charge in [0, 0.05) is 51.5 Å². The van der Waals surface area contributed by atoms with Gasteiger partial charge in [-0.15, -0.1) is 0 Å². The summed E-state index contributed by atoms with van der Waals surface area (Å²) in [6.07, 6.45) is 0.267. The molecular weight excluding hydrogens is 404 g/mol. The molecule has 3 aliphatic heterocycles. The standard InChI is InChI=1S/C25H30N4O3/c30-24-18-23(28-12-10-26(11-13-28)19-20-4-2-1-3-5-20)25(31)29(24)22-8-6-21(7-9-22)27-14-16-32-17-15-27/h1-9,23H,10-19H2/t23-/m1/s1. The maximum absolute atomic E-state index is 13.2. The summed E-state index contributed by atoms with van der Waals surface area (Å²) in [7, 11) is 0. The Bertz CT molecular complexity index is 935. The summed E-state index contributed by atoms with van der Waals surface area (Å²) in [5.74, 6) is -0.198. The van der Waals surface area contributed by atoms with Gasteiger partial charge in [-0.25, -0.2) is 4.90 Å². The minimum absolute atomic E-state index is 0.0920. The fourth-order valence-corrected chi connectivity index (χ4v) is 4.88. The van der Waals surface area contributed by atoms with E-state index >= 15 is 0 Å². The summed E-state index contributed by atoms with van der Waals surface area (Å²) in [5, 5.41) is 0. The second-order valence-corrected chi connectivity index (χ2v) is 8.70. The van der Waals surface area contributed by atoms with Gasteiger partial charge < -0.3 is 9.64 Å². The highest BCUT2D eigenvalue weighted by Gasteiger charge is 2.43. The first-order valence-corrected chi connectivity index (χ1v) is 11.5.